The molecule has 0 radical (unpaired) electrons. The minimum atomic E-state index is 0.437. The van der Waals surface area contributed by atoms with Crippen LogP contribution in [0.15, 0.2) is 18.3 Å². The zero-order chi connectivity index (χ0) is 9.26. The summed E-state index contributed by atoms with van der Waals surface area (Å²) in [5.41, 5.74) is 6.12. The molecule has 2 rings (SSSR count). The standard InChI is InChI=1S/C7H5ClN4S/c8-4-1-2-5(10-3-4)6-11-7(9)13-12-6/h1-3H,(H2,9,11,12). The van der Waals surface area contributed by atoms with Gasteiger partial charge in [0.15, 0.2) is 11.0 Å². The molecule has 66 valence electrons. The fraction of sp³-hybridized carbons (Fsp3) is 0. The van der Waals surface area contributed by atoms with Gasteiger partial charge in [0.1, 0.15) is 5.69 Å². The normalized spacial score (nSPS) is 10.2. The highest BCUT2D eigenvalue weighted by Crippen LogP contribution is 2.18. The minimum Gasteiger partial charge on any atom is -0.374 e. The van der Waals surface area contributed by atoms with Gasteiger partial charge in [0.25, 0.3) is 0 Å². The van der Waals surface area contributed by atoms with E-state index in [-0.39, 0.29) is 0 Å². The van der Waals surface area contributed by atoms with Crippen molar-refractivity contribution in [1.29, 1.82) is 0 Å². The van der Waals surface area contributed by atoms with Crippen LogP contribution in [0.2, 0.25) is 5.02 Å². The Hall–Kier alpha value is -1.20. The van der Waals surface area contributed by atoms with E-state index in [0.29, 0.717) is 21.7 Å². The van der Waals surface area contributed by atoms with Gasteiger partial charge in [0, 0.05) is 17.7 Å². The fourth-order valence-electron chi connectivity index (χ4n) is 0.847. The van der Waals surface area contributed by atoms with Crippen molar-refractivity contribution in [2.24, 2.45) is 0 Å². The molecule has 4 nitrogen and oxygen atoms in total. The molecule has 2 aromatic heterocycles. The molecule has 0 fully saturated rings. The van der Waals surface area contributed by atoms with Gasteiger partial charge in [-0.15, -0.1) is 0 Å². The maximum atomic E-state index is 5.68. The lowest BCUT2D eigenvalue weighted by Gasteiger charge is -1.92. The van der Waals surface area contributed by atoms with Gasteiger partial charge in [-0.2, -0.15) is 9.36 Å². The van der Waals surface area contributed by atoms with Gasteiger partial charge >= 0.3 is 0 Å². The molecule has 0 bridgehead atoms. The zero-order valence-electron chi connectivity index (χ0n) is 6.44. The molecule has 0 saturated heterocycles. The first-order chi connectivity index (χ1) is 6.25. The van der Waals surface area contributed by atoms with Crippen LogP contribution in [0.1, 0.15) is 0 Å². The minimum absolute atomic E-state index is 0.437. The van der Waals surface area contributed by atoms with Crippen LogP contribution in [0.3, 0.4) is 0 Å². The van der Waals surface area contributed by atoms with Crippen molar-refractivity contribution in [1.82, 2.24) is 14.3 Å². The van der Waals surface area contributed by atoms with Gasteiger partial charge < -0.3 is 5.73 Å². The van der Waals surface area contributed by atoms with E-state index in [4.69, 9.17) is 17.3 Å². The second-order valence-electron chi connectivity index (χ2n) is 2.32. The summed E-state index contributed by atoms with van der Waals surface area (Å²) in [4.78, 5) is 8.05. The molecule has 2 aromatic rings. The Balaban J connectivity index is 2.41. The van der Waals surface area contributed by atoms with E-state index in [0.717, 1.165) is 11.5 Å². The highest BCUT2D eigenvalue weighted by molar-refractivity contribution is 7.09. The molecule has 6 heteroatoms. The summed E-state index contributed by atoms with van der Waals surface area (Å²) < 4.78 is 4.02. The summed E-state index contributed by atoms with van der Waals surface area (Å²) in [6.07, 6.45) is 1.55. The molecule has 13 heavy (non-hydrogen) atoms. The molecule has 0 aliphatic carbocycles. The van der Waals surface area contributed by atoms with Crippen LogP contribution in [0.25, 0.3) is 11.5 Å². The lowest BCUT2D eigenvalue weighted by Crippen LogP contribution is -1.86. The lowest BCUT2D eigenvalue weighted by atomic mass is 10.3. The Morgan fingerprint density at radius 1 is 1.38 bits per heavy atom. The van der Waals surface area contributed by atoms with Crippen LogP contribution in [-0.2, 0) is 0 Å². The third kappa shape index (κ3) is 1.76. The first-order valence-electron chi connectivity index (χ1n) is 3.47. The fourth-order valence-corrected chi connectivity index (χ4v) is 1.40. The molecule has 0 aliphatic heterocycles. The molecule has 2 N–H and O–H groups in total. The Bertz CT molecular complexity index is 411. The number of nitrogens with two attached hydrogens (primary N) is 1. The Kier molecular flexibility index (Phi) is 2.12. The second kappa shape index (κ2) is 3.27. The average molecular weight is 213 g/mol. The zero-order valence-corrected chi connectivity index (χ0v) is 8.01. The number of halogens is 1. The van der Waals surface area contributed by atoms with E-state index in [1.807, 2.05) is 0 Å². The first kappa shape index (κ1) is 8.40. The van der Waals surface area contributed by atoms with E-state index in [1.54, 1.807) is 18.3 Å². The molecule has 0 spiro atoms. The van der Waals surface area contributed by atoms with Gasteiger partial charge in [-0.3, -0.25) is 4.98 Å². The highest BCUT2D eigenvalue weighted by atomic mass is 35.5. The average Bonchev–Trinajstić information content (AvgIpc) is 2.53. The monoisotopic (exact) mass is 212 g/mol. The molecule has 0 unspecified atom stereocenters. The number of aromatic nitrogens is 3. The molecule has 0 amide bonds. The maximum absolute atomic E-state index is 5.68. The van der Waals surface area contributed by atoms with Crippen LogP contribution >= 0.6 is 23.1 Å². The Morgan fingerprint density at radius 2 is 2.23 bits per heavy atom. The predicted octanol–water partition coefficient (Wildman–Crippen LogP) is 1.84. The number of rotatable bonds is 1. The Morgan fingerprint density at radius 3 is 2.77 bits per heavy atom. The quantitative estimate of drug-likeness (QED) is 0.784. The van der Waals surface area contributed by atoms with E-state index >= 15 is 0 Å². The van der Waals surface area contributed by atoms with Gasteiger partial charge in [-0.1, -0.05) is 11.6 Å². The molecule has 0 aromatic carbocycles. The Labute approximate surface area is 83.6 Å². The SMILES string of the molecule is Nc1nc(-c2ccc(Cl)cn2)ns1. The van der Waals surface area contributed by atoms with Crippen molar-refractivity contribution in [3.63, 3.8) is 0 Å². The van der Waals surface area contributed by atoms with Crippen LogP contribution in [0.5, 0.6) is 0 Å². The van der Waals surface area contributed by atoms with E-state index in [1.165, 1.54) is 0 Å². The summed E-state index contributed by atoms with van der Waals surface area (Å²) in [5, 5.41) is 1.03. The van der Waals surface area contributed by atoms with Gasteiger partial charge in [0.2, 0.25) is 0 Å². The van der Waals surface area contributed by atoms with Gasteiger partial charge in [-0.25, -0.2) is 0 Å². The topological polar surface area (TPSA) is 64.7 Å². The maximum Gasteiger partial charge on any atom is 0.200 e. The number of hydrogen-bond acceptors (Lipinski definition) is 5. The summed E-state index contributed by atoms with van der Waals surface area (Å²) in [5.74, 6) is 0.541. The summed E-state index contributed by atoms with van der Waals surface area (Å²) in [6.45, 7) is 0. The lowest BCUT2D eigenvalue weighted by molar-refractivity contribution is 1.24. The van der Waals surface area contributed by atoms with Crippen LogP contribution in [0.4, 0.5) is 5.13 Å². The number of nitrogens with zero attached hydrogens (tertiary/aromatic N) is 3. The largest absolute Gasteiger partial charge is 0.374 e. The number of hydrogen-bond donors (Lipinski definition) is 1. The van der Waals surface area contributed by atoms with Crippen LogP contribution in [0, 0.1) is 0 Å². The smallest absolute Gasteiger partial charge is 0.200 e. The number of nitrogen functional groups attached to an aromatic ring is 1. The number of pyridine rings is 1. The number of anilines is 1. The van der Waals surface area contributed by atoms with Crippen molar-refractivity contribution in [2.45, 2.75) is 0 Å². The third-order valence-electron chi connectivity index (χ3n) is 1.40. The van der Waals surface area contributed by atoms with Gasteiger partial charge in [-0.05, 0) is 12.1 Å². The van der Waals surface area contributed by atoms with Crippen molar-refractivity contribution < 1.29 is 0 Å². The van der Waals surface area contributed by atoms with E-state index < -0.39 is 0 Å². The van der Waals surface area contributed by atoms with Crippen molar-refractivity contribution >= 4 is 28.3 Å². The predicted molar refractivity (Wildman–Crippen MR) is 52.6 cm³/mol. The van der Waals surface area contributed by atoms with Crippen LogP contribution < -0.4 is 5.73 Å². The van der Waals surface area contributed by atoms with E-state index in [2.05, 4.69) is 14.3 Å². The summed E-state index contributed by atoms with van der Waals surface area (Å²) in [7, 11) is 0. The molecule has 0 saturated carbocycles. The summed E-state index contributed by atoms with van der Waals surface area (Å²) >= 11 is 6.83. The summed E-state index contributed by atoms with van der Waals surface area (Å²) in [6, 6.07) is 3.49. The third-order valence-corrected chi connectivity index (χ3v) is 2.16. The van der Waals surface area contributed by atoms with Crippen molar-refractivity contribution in [2.75, 3.05) is 5.73 Å². The molecular weight excluding hydrogens is 208 g/mol. The molecule has 0 aliphatic rings. The van der Waals surface area contributed by atoms with E-state index in [9.17, 15) is 0 Å². The molecular formula is C7H5ClN4S. The molecule has 2 heterocycles. The molecule has 0 atom stereocenters. The highest BCUT2D eigenvalue weighted by Gasteiger charge is 2.04. The van der Waals surface area contributed by atoms with Crippen molar-refractivity contribution in [3.8, 4) is 11.5 Å². The van der Waals surface area contributed by atoms with Crippen LogP contribution in [-0.4, -0.2) is 14.3 Å². The van der Waals surface area contributed by atoms with Crippen molar-refractivity contribution in [3.05, 3.63) is 23.4 Å². The first-order valence-corrected chi connectivity index (χ1v) is 4.62. The van der Waals surface area contributed by atoms with Gasteiger partial charge in [0.05, 0.1) is 5.02 Å². The second-order valence-corrected chi connectivity index (χ2v) is 3.54.